The molecule has 28 heavy (non-hydrogen) atoms. The van der Waals surface area contributed by atoms with Crippen molar-refractivity contribution in [1.29, 1.82) is 0 Å². The number of nitrogens with zero attached hydrogens (tertiary/aromatic N) is 1. The molecule has 2 aromatic rings. The van der Waals surface area contributed by atoms with Crippen molar-refractivity contribution in [3.8, 4) is 0 Å². The quantitative estimate of drug-likeness (QED) is 0.729. The minimum atomic E-state index is -0.477. The first-order valence-corrected chi connectivity index (χ1v) is 9.30. The van der Waals surface area contributed by atoms with Gasteiger partial charge in [0.05, 0.1) is 0 Å². The summed E-state index contributed by atoms with van der Waals surface area (Å²) in [5.74, 6) is -0.998. The molecule has 5 nitrogen and oxygen atoms in total. The molecular formula is C21H25ClFN3O2. The highest BCUT2D eigenvalue weighted by Crippen LogP contribution is 2.25. The minimum absolute atomic E-state index is 0.199. The average Bonchev–Trinajstić information content (AvgIpc) is 2.62. The lowest BCUT2D eigenvalue weighted by molar-refractivity contribution is -0.114. The van der Waals surface area contributed by atoms with Gasteiger partial charge in [-0.05, 0) is 53.9 Å². The second-order valence-corrected chi connectivity index (χ2v) is 7.93. The Hall–Kier alpha value is -2.44. The largest absolute Gasteiger partial charge is 0.334 e. The van der Waals surface area contributed by atoms with E-state index in [0.717, 1.165) is 0 Å². The average molecular weight is 406 g/mol. The maximum absolute atomic E-state index is 13.6. The van der Waals surface area contributed by atoms with E-state index in [9.17, 15) is 14.0 Å². The Balaban J connectivity index is 2.37. The third-order valence-corrected chi connectivity index (χ3v) is 4.63. The Bertz CT molecular complexity index is 870. The highest BCUT2D eigenvalue weighted by Gasteiger charge is 2.25. The van der Waals surface area contributed by atoms with Gasteiger partial charge >= 0.3 is 0 Å². The first kappa shape index (κ1) is 21.9. The molecule has 0 radical (unpaired) electrons. The van der Waals surface area contributed by atoms with Crippen molar-refractivity contribution < 1.29 is 14.0 Å². The molecular weight excluding hydrogens is 381 g/mol. The van der Waals surface area contributed by atoms with Crippen LogP contribution in [0.15, 0.2) is 42.5 Å². The molecule has 0 aliphatic carbocycles. The topological polar surface area (TPSA) is 75.4 Å². The van der Waals surface area contributed by atoms with Crippen LogP contribution in [0.4, 0.5) is 10.1 Å². The molecule has 7 heteroatoms. The van der Waals surface area contributed by atoms with Crippen LogP contribution in [0.5, 0.6) is 0 Å². The van der Waals surface area contributed by atoms with Gasteiger partial charge in [-0.1, -0.05) is 31.5 Å². The summed E-state index contributed by atoms with van der Waals surface area (Å²) >= 11 is 6.32. The Labute approximate surface area is 169 Å². The second kappa shape index (κ2) is 9.17. The van der Waals surface area contributed by atoms with Crippen LogP contribution in [-0.2, 0) is 11.3 Å². The van der Waals surface area contributed by atoms with Crippen LogP contribution in [0.3, 0.4) is 0 Å². The van der Waals surface area contributed by atoms with Crippen LogP contribution in [0.1, 0.15) is 36.7 Å². The van der Waals surface area contributed by atoms with E-state index in [4.69, 9.17) is 17.3 Å². The van der Waals surface area contributed by atoms with Crippen molar-refractivity contribution in [2.24, 2.45) is 11.1 Å². The summed E-state index contributed by atoms with van der Waals surface area (Å²) in [6.07, 6.45) is 0. The number of nitrogens with two attached hydrogens (primary N) is 1. The van der Waals surface area contributed by atoms with Crippen molar-refractivity contribution in [2.45, 2.75) is 27.3 Å². The zero-order valence-electron chi connectivity index (χ0n) is 16.3. The molecule has 2 rings (SSSR count). The monoisotopic (exact) mass is 405 g/mol. The first-order valence-electron chi connectivity index (χ1n) is 8.92. The van der Waals surface area contributed by atoms with Gasteiger partial charge in [0, 0.05) is 36.3 Å². The van der Waals surface area contributed by atoms with Crippen LogP contribution in [0, 0.1) is 11.2 Å². The third-order valence-electron chi connectivity index (χ3n) is 4.26. The van der Waals surface area contributed by atoms with E-state index in [2.05, 4.69) is 5.32 Å². The predicted octanol–water partition coefficient (Wildman–Crippen LogP) is 4.06. The van der Waals surface area contributed by atoms with Crippen LogP contribution < -0.4 is 11.1 Å². The lowest BCUT2D eigenvalue weighted by atomic mass is 9.92. The predicted molar refractivity (Wildman–Crippen MR) is 110 cm³/mol. The van der Waals surface area contributed by atoms with E-state index < -0.39 is 5.82 Å². The van der Waals surface area contributed by atoms with E-state index in [1.807, 2.05) is 13.8 Å². The van der Waals surface area contributed by atoms with Gasteiger partial charge in [0.25, 0.3) is 5.91 Å². The molecule has 2 aromatic carbocycles. The fourth-order valence-corrected chi connectivity index (χ4v) is 2.94. The summed E-state index contributed by atoms with van der Waals surface area (Å²) in [7, 11) is 0. The number of hydrogen-bond acceptors (Lipinski definition) is 3. The normalized spacial score (nSPS) is 11.2. The number of nitrogens with one attached hydrogen (secondary N) is 1. The lowest BCUT2D eigenvalue weighted by Crippen LogP contribution is -2.41. The zero-order valence-corrected chi connectivity index (χ0v) is 17.0. The van der Waals surface area contributed by atoms with Gasteiger partial charge in [-0.3, -0.25) is 9.59 Å². The highest BCUT2D eigenvalue weighted by atomic mass is 35.5. The fourth-order valence-electron chi connectivity index (χ4n) is 2.77. The molecule has 150 valence electrons. The van der Waals surface area contributed by atoms with Crippen LogP contribution in [0.2, 0.25) is 5.02 Å². The van der Waals surface area contributed by atoms with Gasteiger partial charge in [-0.25, -0.2) is 4.39 Å². The number of anilines is 1. The molecule has 0 bridgehead atoms. The van der Waals surface area contributed by atoms with Gasteiger partial charge in [0.15, 0.2) is 0 Å². The summed E-state index contributed by atoms with van der Waals surface area (Å²) in [6.45, 7) is 6.25. The molecule has 0 aliphatic rings. The molecule has 0 saturated heterocycles. The van der Waals surface area contributed by atoms with E-state index in [1.54, 1.807) is 29.2 Å². The molecule has 0 spiro atoms. The fraction of sp³-hybridized carbons (Fsp3) is 0.333. The summed E-state index contributed by atoms with van der Waals surface area (Å²) in [5.41, 5.74) is 7.02. The van der Waals surface area contributed by atoms with Crippen molar-refractivity contribution >= 4 is 29.1 Å². The molecule has 0 heterocycles. The van der Waals surface area contributed by atoms with Crippen molar-refractivity contribution in [3.63, 3.8) is 0 Å². The number of rotatable bonds is 7. The van der Waals surface area contributed by atoms with Gasteiger partial charge < -0.3 is 16.0 Å². The number of carbonyl (C=O) groups excluding carboxylic acids is 2. The van der Waals surface area contributed by atoms with E-state index >= 15 is 0 Å². The number of amides is 2. The SMILES string of the molecule is CC(=O)Nc1ccc(Cl)c(CN(CC(C)(C)CN)C(=O)c2cccc(F)c2)c1. The smallest absolute Gasteiger partial charge is 0.254 e. The van der Waals surface area contributed by atoms with Gasteiger partial charge in [-0.2, -0.15) is 0 Å². The van der Waals surface area contributed by atoms with Crippen molar-refractivity contribution in [3.05, 3.63) is 64.4 Å². The first-order chi connectivity index (χ1) is 13.1. The molecule has 3 N–H and O–H groups in total. The number of halogens is 2. The van der Waals surface area contributed by atoms with Crippen molar-refractivity contribution in [2.75, 3.05) is 18.4 Å². The van der Waals surface area contributed by atoms with Gasteiger partial charge in [0.1, 0.15) is 5.82 Å². The second-order valence-electron chi connectivity index (χ2n) is 7.53. The van der Waals surface area contributed by atoms with E-state index in [-0.39, 0.29) is 29.3 Å². The van der Waals surface area contributed by atoms with Crippen molar-refractivity contribution in [1.82, 2.24) is 4.90 Å². The number of hydrogen-bond donors (Lipinski definition) is 2. The Kier molecular flexibility index (Phi) is 7.16. The molecule has 0 saturated carbocycles. The maximum atomic E-state index is 13.6. The van der Waals surface area contributed by atoms with Gasteiger partial charge in [-0.15, -0.1) is 0 Å². The molecule has 0 aromatic heterocycles. The third kappa shape index (κ3) is 6.04. The standard InChI is InChI=1S/C21H25ClFN3O2/c1-14(27)25-18-7-8-19(22)16(10-18)11-26(13-21(2,3)12-24)20(28)15-5-4-6-17(23)9-15/h4-10H,11-13,24H2,1-3H3,(H,25,27). The Morgan fingerprint density at radius 2 is 1.93 bits per heavy atom. The summed E-state index contributed by atoms with van der Waals surface area (Å²) in [5, 5.41) is 3.17. The number of benzene rings is 2. The molecule has 0 unspecified atom stereocenters. The molecule has 0 aliphatic heterocycles. The number of carbonyl (C=O) groups is 2. The Morgan fingerprint density at radius 1 is 1.21 bits per heavy atom. The van der Waals surface area contributed by atoms with Crippen LogP contribution in [0.25, 0.3) is 0 Å². The minimum Gasteiger partial charge on any atom is -0.334 e. The Morgan fingerprint density at radius 3 is 2.54 bits per heavy atom. The van der Waals surface area contributed by atoms with Crippen LogP contribution >= 0.6 is 11.6 Å². The van der Waals surface area contributed by atoms with Gasteiger partial charge in [0.2, 0.25) is 5.91 Å². The molecule has 2 amide bonds. The lowest BCUT2D eigenvalue weighted by Gasteiger charge is -2.32. The van der Waals surface area contributed by atoms with Crippen LogP contribution in [-0.4, -0.2) is 29.8 Å². The molecule has 0 atom stereocenters. The molecule has 0 fully saturated rings. The van der Waals surface area contributed by atoms with E-state index in [0.29, 0.717) is 29.4 Å². The summed E-state index contributed by atoms with van der Waals surface area (Å²) in [6, 6.07) is 10.7. The maximum Gasteiger partial charge on any atom is 0.254 e. The van der Waals surface area contributed by atoms with E-state index in [1.165, 1.54) is 25.1 Å². The highest BCUT2D eigenvalue weighted by molar-refractivity contribution is 6.31. The summed E-state index contributed by atoms with van der Waals surface area (Å²) < 4.78 is 13.6. The summed E-state index contributed by atoms with van der Waals surface area (Å²) in [4.78, 5) is 26.0. The zero-order chi connectivity index (χ0) is 20.9.